The zero-order valence-corrected chi connectivity index (χ0v) is 7.76. The minimum Gasteiger partial charge on any atom is -0.291 e. The highest BCUT2D eigenvalue weighted by Crippen LogP contribution is 2.08. The second kappa shape index (κ2) is 4.27. The highest BCUT2D eigenvalue weighted by molar-refractivity contribution is 6.02. The molecule has 2 amide bonds. The van der Waals surface area contributed by atoms with E-state index in [4.69, 9.17) is 0 Å². The van der Waals surface area contributed by atoms with E-state index in [-0.39, 0.29) is 11.4 Å². The van der Waals surface area contributed by atoms with Crippen LogP contribution in [0.25, 0.3) is 0 Å². The number of carbonyl (C=O) groups excluding carboxylic acids is 2. The molecular formula is C8H7N3O4. The standard InChI is InChI=1S/C8H7N3O4/c1-5(12)10-8(13)7-3-2-6(4-9-7)11(14)15/h2-4H,1H3,(H,10,12,13). The summed E-state index contributed by atoms with van der Waals surface area (Å²) in [7, 11) is 0. The molecule has 1 N–H and O–H groups in total. The van der Waals surface area contributed by atoms with E-state index < -0.39 is 16.7 Å². The third-order valence-electron chi connectivity index (χ3n) is 1.48. The molecule has 0 aromatic carbocycles. The topological polar surface area (TPSA) is 102 Å². The molecule has 7 nitrogen and oxygen atoms in total. The molecule has 0 unspecified atom stereocenters. The zero-order valence-electron chi connectivity index (χ0n) is 7.76. The lowest BCUT2D eigenvalue weighted by molar-refractivity contribution is -0.385. The van der Waals surface area contributed by atoms with Crippen LogP contribution in [-0.4, -0.2) is 21.7 Å². The number of hydrogen-bond acceptors (Lipinski definition) is 5. The molecule has 1 rings (SSSR count). The van der Waals surface area contributed by atoms with Gasteiger partial charge in [-0.1, -0.05) is 0 Å². The number of imide groups is 1. The Balaban J connectivity index is 2.84. The van der Waals surface area contributed by atoms with Crippen LogP contribution < -0.4 is 5.32 Å². The number of hydrogen-bond donors (Lipinski definition) is 1. The SMILES string of the molecule is CC(=O)NC(=O)c1ccc([N+](=O)[O-])cn1. The summed E-state index contributed by atoms with van der Waals surface area (Å²) in [5, 5.41) is 12.3. The Hall–Kier alpha value is -2.31. The van der Waals surface area contributed by atoms with E-state index in [0.717, 1.165) is 12.3 Å². The average molecular weight is 209 g/mol. The summed E-state index contributed by atoms with van der Waals surface area (Å²) >= 11 is 0. The fourth-order valence-corrected chi connectivity index (χ4v) is 0.852. The van der Waals surface area contributed by atoms with E-state index >= 15 is 0 Å². The second-order valence-corrected chi connectivity index (χ2v) is 2.67. The van der Waals surface area contributed by atoms with Crippen LogP contribution in [-0.2, 0) is 4.79 Å². The van der Waals surface area contributed by atoms with Gasteiger partial charge in [-0.05, 0) is 6.07 Å². The quantitative estimate of drug-likeness (QED) is 0.556. The van der Waals surface area contributed by atoms with Crippen LogP contribution in [0, 0.1) is 10.1 Å². The van der Waals surface area contributed by atoms with E-state index in [0.29, 0.717) is 0 Å². The lowest BCUT2D eigenvalue weighted by Gasteiger charge is -1.98. The van der Waals surface area contributed by atoms with Gasteiger partial charge in [0.15, 0.2) is 0 Å². The molecule has 0 aliphatic heterocycles. The predicted octanol–water partition coefficient (Wildman–Crippen LogP) is 0.266. The smallest absolute Gasteiger partial charge is 0.287 e. The molecule has 0 radical (unpaired) electrons. The van der Waals surface area contributed by atoms with E-state index in [1.54, 1.807) is 0 Å². The van der Waals surface area contributed by atoms with Gasteiger partial charge in [-0.15, -0.1) is 0 Å². The van der Waals surface area contributed by atoms with E-state index in [1.165, 1.54) is 13.0 Å². The van der Waals surface area contributed by atoms with Gasteiger partial charge < -0.3 is 0 Å². The number of carbonyl (C=O) groups is 2. The van der Waals surface area contributed by atoms with Gasteiger partial charge in [-0.3, -0.25) is 25.0 Å². The van der Waals surface area contributed by atoms with E-state index in [1.807, 2.05) is 5.32 Å². The van der Waals surface area contributed by atoms with Crippen molar-refractivity contribution >= 4 is 17.5 Å². The van der Waals surface area contributed by atoms with Crippen molar-refractivity contribution in [2.24, 2.45) is 0 Å². The molecular weight excluding hydrogens is 202 g/mol. The number of nitrogens with zero attached hydrogens (tertiary/aromatic N) is 2. The van der Waals surface area contributed by atoms with Crippen LogP contribution in [0.4, 0.5) is 5.69 Å². The molecule has 0 aliphatic carbocycles. The van der Waals surface area contributed by atoms with Crippen LogP contribution >= 0.6 is 0 Å². The summed E-state index contributed by atoms with van der Waals surface area (Å²) in [5.41, 5.74) is -0.259. The number of pyridine rings is 1. The minimum atomic E-state index is -0.683. The molecule has 0 saturated heterocycles. The molecule has 0 spiro atoms. The molecule has 1 aromatic rings. The van der Waals surface area contributed by atoms with Gasteiger partial charge in [0.2, 0.25) is 5.91 Å². The Morgan fingerprint density at radius 1 is 1.47 bits per heavy atom. The van der Waals surface area contributed by atoms with E-state index in [2.05, 4.69) is 4.98 Å². The van der Waals surface area contributed by atoms with Gasteiger partial charge in [0.05, 0.1) is 4.92 Å². The Kier molecular flexibility index (Phi) is 3.06. The maximum atomic E-state index is 11.2. The van der Waals surface area contributed by atoms with Crippen LogP contribution in [0.2, 0.25) is 0 Å². The number of amides is 2. The van der Waals surface area contributed by atoms with Gasteiger partial charge in [0.25, 0.3) is 11.6 Å². The lowest BCUT2D eigenvalue weighted by Crippen LogP contribution is -2.28. The molecule has 1 heterocycles. The Morgan fingerprint density at radius 2 is 2.13 bits per heavy atom. The Morgan fingerprint density at radius 3 is 2.53 bits per heavy atom. The molecule has 15 heavy (non-hydrogen) atoms. The summed E-state index contributed by atoms with van der Waals surface area (Å²) in [5.74, 6) is -1.20. The summed E-state index contributed by atoms with van der Waals surface area (Å²) in [6.45, 7) is 1.18. The number of rotatable bonds is 2. The Labute approximate surface area is 84.3 Å². The molecule has 0 fully saturated rings. The monoisotopic (exact) mass is 209 g/mol. The summed E-state index contributed by atoms with van der Waals surface area (Å²) < 4.78 is 0. The predicted molar refractivity (Wildman–Crippen MR) is 49.0 cm³/mol. The van der Waals surface area contributed by atoms with Crippen molar-refractivity contribution in [3.63, 3.8) is 0 Å². The first kappa shape index (κ1) is 10.8. The highest BCUT2D eigenvalue weighted by atomic mass is 16.6. The molecule has 7 heteroatoms. The van der Waals surface area contributed by atoms with Crippen LogP contribution in [0.1, 0.15) is 17.4 Å². The first-order valence-corrected chi connectivity index (χ1v) is 3.93. The normalized spacial score (nSPS) is 9.40. The molecule has 0 bridgehead atoms. The lowest BCUT2D eigenvalue weighted by atomic mass is 10.3. The van der Waals surface area contributed by atoms with Crippen LogP contribution in [0.3, 0.4) is 0 Å². The van der Waals surface area contributed by atoms with Crippen molar-refractivity contribution in [1.82, 2.24) is 10.3 Å². The van der Waals surface area contributed by atoms with Crippen molar-refractivity contribution in [2.75, 3.05) is 0 Å². The van der Waals surface area contributed by atoms with Gasteiger partial charge in [-0.25, -0.2) is 4.98 Å². The number of aromatic nitrogens is 1. The second-order valence-electron chi connectivity index (χ2n) is 2.67. The van der Waals surface area contributed by atoms with Crippen molar-refractivity contribution in [3.05, 3.63) is 34.1 Å². The maximum absolute atomic E-state index is 11.2. The first-order chi connectivity index (χ1) is 7.00. The van der Waals surface area contributed by atoms with Crippen molar-refractivity contribution < 1.29 is 14.5 Å². The van der Waals surface area contributed by atoms with Crippen molar-refractivity contribution in [3.8, 4) is 0 Å². The molecule has 1 aromatic heterocycles. The molecule has 0 saturated carbocycles. The average Bonchev–Trinajstić information content (AvgIpc) is 2.17. The third-order valence-corrected chi connectivity index (χ3v) is 1.48. The summed E-state index contributed by atoms with van der Waals surface area (Å²) in [6, 6.07) is 2.32. The van der Waals surface area contributed by atoms with Crippen molar-refractivity contribution in [2.45, 2.75) is 6.92 Å². The highest BCUT2D eigenvalue weighted by Gasteiger charge is 2.11. The number of nitro groups is 1. The maximum Gasteiger partial charge on any atom is 0.287 e. The zero-order chi connectivity index (χ0) is 11.4. The molecule has 0 aliphatic rings. The Bertz CT molecular complexity index is 412. The molecule has 0 atom stereocenters. The molecule has 78 valence electrons. The minimum absolute atomic E-state index is 0.0456. The van der Waals surface area contributed by atoms with Crippen LogP contribution in [0.15, 0.2) is 18.3 Å². The first-order valence-electron chi connectivity index (χ1n) is 3.93. The number of nitrogens with one attached hydrogen (secondary N) is 1. The van der Waals surface area contributed by atoms with Gasteiger partial charge in [0, 0.05) is 13.0 Å². The fraction of sp³-hybridized carbons (Fsp3) is 0.125. The van der Waals surface area contributed by atoms with Gasteiger partial charge in [0.1, 0.15) is 11.9 Å². The van der Waals surface area contributed by atoms with E-state index in [9.17, 15) is 19.7 Å². The summed E-state index contributed by atoms with van der Waals surface area (Å²) in [4.78, 5) is 34.9. The van der Waals surface area contributed by atoms with Crippen molar-refractivity contribution in [1.29, 1.82) is 0 Å². The third kappa shape index (κ3) is 2.83. The largest absolute Gasteiger partial charge is 0.291 e. The van der Waals surface area contributed by atoms with Gasteiger partial charge >= 0.3 is 0 Å². The van der Waals surface area contributed by atoms with Crippen LogP contribution in [0.5, 0.6) is 0 Å². The fourth-order valence-electron chi connectivity index (χ4n) is 0.852. The summed E-state index contributed by atoms with van der Waals surface area (Å²) in [6.07, 6.45) is 0.953. The van der Waals surface area contributed by atoms with Gasteiger partial charge in [-0.2, -0.15) is 0 Å².